The number of ketones is 1. The maximum atomic E-state index is 13.6. The molecule has 2 aliphatic rings. The zero-order valence-electron chi connectivity index (χ0n) is 17.8. The van der Waals surface area contributed by atoms with Gasteiger partial charge < -0.3 is 10.2 Å². The van der Waals surface area contributed by atoms with Crippen LogP contribution in [-0.4, -0.2) is 30.8 Å². The molecule has 3 aromatic carbocycles. The average Bonchev–Trinajstić information content (AvgIpc) is 3.05. The Balaban J connectivity index is 1.58. The third kappa shape index (κ3) is 4.20. The van der Waals surface area contributed by atoms with Gasteiger partial charge in [0.15, 0.2) is 11.7 Å². The van der Waals surface area contributed by atoms with Gasteiger partial charge in [-0.3, -0.25) is 9.59 Å². The molecule has 5 rings (SSSR count). The van der Waals surface area contributed by atoms with Crippen LogP contribution in [0.1, 0.15) is 17.2 Å². The van der Waals surface area contributed by atoms with Crippen LogP contribution in [0.2, 0.25) is 10.0 Å². The van der Waals surface area contributed by atoms with Gasteiger partial charge in [0, 0.05) is 6.54 Å². The summed E-state index contributed by atoms with van der Waals surface area (Å²) in [4.78, 5) is 28.5. The number of anilines is 1. The van der Waals surface area contributed by atoms with Crippen molar-refractivity contribution >= 4 is 56.4 Å². The first kappa shape index (κ1) is 23.5. The van der Waals surface area contributed by atoms with Crippen LogP contribution in [0.4, 0.5) is 10.1 Å². The number of Topliss-reactive ketones (excluding diaryl/α,β-unsaturated/α-hetero) is 1. The van der Waals surface area contributed by atoms with Crippen LogP contribution in [0.5, 0.6) is 0 Å². The summed E-state index contributed by atoms with van der Waals surface area (Å²) in [7, 11) is -4.13. The van der Waals surface area contributed by atoms with Crippen molar-refractivity contribution in [2.24, 2.45) is 10.3 Å². The van der Waals surface area contributed by atoms with Gasteiger partial charge in [-0.05, 0) is 47.5 Å². The lowest BCUT2D eigenvalue weighted by molar-refractivity contribution is -0.131. The molecule has 2 aliphatic heterocycles. The molecule has 11 heteroatoms. The SMILES string of the molecule is O=C1C(C2=NS(=O)(=O)c3ccccc3N2)C(=O)N(Cc2ccc(Cl)c(Cl)c2)[C@H]1c1ccc(F)cc1. The number of para-hydroxylation sites is 1. The molecule has 0 saturated carbocycles. The Hall–Kier alpha value is -3.27. The molecule has 0 spiro atoms. The number of carbonyl (C=O) groups excluding carboxylic acids is 2. The largest absolute Gasteiger partial charge is 0.341 e. The Morgan fingerprint density at radius 2 is 1.69 bits per heavy atom. The number of sulfonamides is 1. The number of fused-ring (bicyclic) bond motifs is 1. The molecule has 1 amide bonds. The number of nitrogens with zero attached hydrogens (tertiary/aromatic N) is 2. The van der Waals surface area contributed by atoms with Crippen molar-refractivity contribution in [3.8, 4) is 0 Å². The predicted octanol–water partition coefficient (Wildman–Crippen LogP) is 4.61. The topological polar surface area (TPSA) is 95.9 Å². The van der Waals surface area contributed by atoms with Crippen molar-refractivity contribution in [1.82, 2.24) is 4.90 Å². The Labute approximate surface area is 210 Å². The van der Waals surface area contributed by atoms with Crippen LogP contribution in [0, 0.1) is 11.7 Å². The highest BCUT2D eigenvalue weighted by molar-refractivity contribution is 7.90. The molecule has 0 bridgehead atoms. The highest BCUT2D eigenvalue weighted by Crippen LogP contribution is 2.38. The Morgan fingerprint density at radius 1 is 0.971 bits per heavy atom. The van der Waals surface area contributed by atoms with Gasteiger partial charge in [-0.15, -0.1) is 4.40 Å². The third-order valence-electron chi connectivity index (χ3n) is 5.84. The second-order valence-electron chi connectivity index (χ2n) is 8.08. The standard InChI is InChI=1S/C24H16Cl2FN3O4S/c25-16-10-5-13(11-17(16)26)12-30-21(14-6-8-15(27)9-7-14)22(31)20(24(30)32)23-28-18-3-1-2-4-19(18)35(33,34)29-23/h1-11,20-21H,12H2,(H,28,29)/t20?,21-/m0/s1. The number of amidine groups is 1. The smallest absolute Gasteiger partial charge is 0.286 e. The number of likely N-dealkylation sites (tertiary alicyclic amines) is 1. The lowest BCUT2D eigenvalue weighted by atomic mass is 9.96. The molecule has 1 fully saturated rings. The van der Waals surface area contributed by atoms with Crippen molar-refractivity contribution in [2.45, 2.75) is 17.5 Å². The molecule has 178 valence electrons. The summed E-state index contributed by atoms with van der Waals surface area (Å²) >= 11 is 12.1. The number of carbonyl (C=O) groups is 2. The second kappa shape index (κ2) is 8.75. The molecular formula is C24H16Cl2FN3O4S. The second-order valence-corrected chi connectivity index (χ2v) is 10.5. The minimum atomic E-state index is -4.13. The van der Waals surface area contributed by atoms with E-state index in [0.29, 0.717) is 16.1 Å². The molecule has 1 N–H and O–H groups in total. The number of rotatable bonds is 4. The van der Waals surface area contributed by atoms with E-state index in [1.165, 1.54) is 41.3 Å². The summed E-state index contributed by atoms with van der Waals surface area (Å²) in [6.07, 6.45) is 0. The molecule has 0 radical (unpaired) electrons. The normalized spacial score (nSPS) is 20.9. The van der Waals surface area contributed by atoms with E-state index in [1.54, 1.807) is 30.3 Å². The van der Waals surface area contributed by atoms with Crippen LogP contribution >= 0.6 is 23.2 Å². The molecule has 0 aliphatic carbocycles. The fraction of sp³-hybridized carbons (Fsp3) is 0.125. The van der Waals surface area contributed by atoms with Gasteiger partial charge in [-0.1, -0.05) is 53.5 Å². The van der Waals surface area contributed by atoms with Crippen LogP contribution in [0.15, 0.2) is 76.0 Å². The molecular weight excluding hydrogens is 516 g/mol. The molecule has 2 atom stereocenters. The van der Waals surface area contributed by atoms with Gasteiger partial charge in [0.25, 0.3) is 10.0 Å². The highest BCUT2D eigenvalue weighted by atomic mass is 35.5. The van der Waals surface area contributed by atoms with Gasteiger partial charge in [-0.2, -0.15) is 8.42 Å². The van der Waals surface area contributed by atoms with E-state index in [2.05, 4.69) is 9.71 Å². The Kier molecular flexibility index (Phi) is 5.86. The number of hydrogen-bond donors (Lipinski definition) is 1. The minimum absolute atomic E-state index is 0.0172. The Morgan fingerprint density at radius 3 is 2.40 bits per heavy atom. The quantitative estimate of drug-likeness (QED) is 0.495. The van der Waals surface area contributed by atoms with Crippen molar-refractivity contribution in [3.63, 3.8) is 0 Å². The first-order valence-corrected chi connectivity index (χ1v) is 12.6. The van der Waals surface area contributed by atoms with Crippen LogP contribution in [-0.2, 0) is 26.2 Å². The molecule has 2 heterocycles. The van der Waals surface area contributed by atoms with E-state index in [-0.39, 0.29) is 28.0 Å². The van der Waals surface area contributed by atoms with Gasteiger partial charge >= 0.3 is 0 Å². The lowest BCUT2D eigenvalue weighted by Crippen LogP contribution is -2.37. The minimum Gasteiger partial charge on any atom is -0.341 e. The van der Waals surface area contributed by atoms with E-state index < -0.39 is 39.5 Å². The number of hydrogen-bond acceptors (Lipinski definition) is 5. The zero-order chi connectivity index (χ0) is 24.9. The zero-order valence-corrected chi connectivity index (χ0v) is 20.1. The number of halogens is 3. The molecule has 3 aromatic rings. The number of benzene rings is 3. The molecule has 1 unspecified atom stereocenters. The molecule has 35 heavy (non-hydrogen) atoms. The van der Waals surface area contributed by atoms with E-state index in [4.69, 9.17) is 23.2 Å². The van der Waals surface area contributed by atoms with Crippen molar-refractivity contribution in [1.29, 1.82) is 0 Å². The maximum Gasteiger partial charge on any atom is 0.286 e. The van der Waals surface area contributed by atoms with Crippen LogP contribution < -0.4 is 5.32 Å². The maximum absolute atomic E-state index is 13.6. The first-order chi connectivity index (χ1) is 16.7. The van der Waals surface area contributed by atoms with Crippen molar-refractivity contribution < 1.29 is 22.4 Å². The molecule has 0 aromatic heterocycles. The van der Waals surface area contributed by atoms with Crippen LogP contribution in [0.25, 0.3) is 0 Å². The van der Waals surface area contributed by atoms with E-state index in [0.717, 1.165) is 0 Å². The Bertz CT molecular complexity index is 1510. The van der Waals surface area contributed by atoms with Gasteiger partial charge in [-0.25, -0.2) is 4.39 Å². The number of nitrogens with one attached hydrogen (secondary N) is 1. The van der Waals surface area contributed by atoms with Crippen LogP contribution in [0.3, 0.4) is 0 Å². The average molecular weight is 532 g/mol. The predicted molar refractivity (Wildman–Crippen MR) is 129 cm³/mol. The fourth-order valence-electron chi connectivity index (χ4n) is 4.23. The van der Waals surface area contributed by atoms with Gasteiger partial charge in [0.1, 0.15) is 22.6 Å². The summed E-state index contributed by atoms with van der Waals surface area (Å²) in [6, 6.07) is 15.0. The molecule has 7 nitrogen and oxygen atoms in total. The fourth-order valence-corrected chi connectivity index (χ4v) is 5.71. The van der Waals surface area contributed by atoms with Gasteiger partial charge in [0.05, 0.1) is 15.7 Å². The summed E-state index contributed by atoms with van der Waals surface area (Å²) in [6.45, 7) is -0.0172. The van der Waals surface area contributed by atoms with Crippen molar-refractivity contribution in [3.05, 3.63) is 93.7 Å². The van der Waals surface area contributed by atoms with E-state index >= 15 is 0 Å². The number of amides is 1. The lowest BCUT2D eigenvalue weighted by Gasteiger charge is -2.24. The van der Waals surface area contributed by atoms with E-state index in [9.17, 15) is 22.4 Å². The van der Waals surface area contributed by atoms with E-state index in [1.807, 2.05) is 0 Å². The summed E-state index contributed by atoms with van der Waals surface area (Å²) in [5, 5.41) is 3.45. The monoisotopic (exact) mass is 531 g/mol. The summed E-state index contributed by atoms with van der Waals surface area (Å²) < 4.78 is 42.8. The van der Waals surface area contributed by atoms with Crippen molar-refractivity contribution in [2.75, 3.05) is 5.32 Å². The summed E-state index contributed by atoms with van der Waals surface area (Å²) in [5.74, 6) is -3.49. The first-order valence-electron chi connectivity index (χ1n) is 10.4. The highest BCUT2D eigenvalue weighted by Gasteiger charge is 2.51. The summed E-state index contributed by atoms with van der Waals surface area (Å²) in [5.41, 5.74) is 1.20. The molecule has 1 saturated heterocycles. The third-order valence-corrected chi connectivity index (χ3v) is 7.93. The van der Waals surface area contributed by atoms with Gasteiger partial charge in [0.2, 0.25) is 5.91 Å².